The van der Waals surface area contributed by atoms with E-state index in [0.29, 0.717) is 12.0 Å². The third kappa shape index (κ3) is 2.85. The number of imidazole rings is 1. The molecule has 4 nitrogen and oxygen atoms in total. The summed E-state index contributed by atoms with van der Waals surface area (Å²) in [5, 5.41) is 0. The maximum Gasteiger partial charge on any atom is 0.178 e. The number of ether oxygens (including phenoxy) is 2. The highest BCUT2D eigenvalue weighted by Crippen LogP contribution is 2.29. The Balaban J connectivity index is 1.99. The van der Waals surface area contributed by atoms with Crippen molar-refractivity contribution in [1.82, 2.24) is 9.55 Å². The van der Waals surface area contributed by atoms with E-state index in [1.165, 1.54) is 0 Å². The Hall–Kier alpha value is -1.33. The molecule has 0 bridgehead atoms. The molecule has 1 aromatic carbocycles. The third-order valence-electron chi connectivity index (χ3n) is 4.09. The van der Waals surface area contributed by atoms with Crippen LogP contribution in [0.5, 0.6) is 5.75 Å². The Morgan fingerprint density at radius 1 is 1.48 bits per heavy atom. The third-order valence-corrected chi connectivity index (χ3v) is 4.41. The molecule has 21 heavy (non-hydrogen) atoms. The first-order valence-electron chi connectivity index (χ1n) is 7.56. The summed E-state index contributed by atoms with van der Waals surface area (Å²) in [5.41, 5.74) is 2.10. The van der Waals surface area contributed by atoms with E-state index in [1.54, 1.807) is 0 Å². The van der Waals surface area contributed by atoms with Crippen LogP contribution in [0, 0.1) is 10.7 Å². The SMILES string of the molecule is CC(C)Oc1cccc2c1[nH]c(=S)n2CC1CCOC1C. The topological polar surface area (TPSA) is 39.2 Å². The van der Waals surface area contributed by atoms with Gasteiger partial charge in [-0.25, -0.2) is 0 Å². The molecule has 5 heteroatoms. The molecule has 114 valence electrons. The first-order valence-corrected chi connectivity index (χ1v) is 7.97. The molecule has 2 heterocycles. The van der Waals surface area contributed by atoms with Crippen molar-refractivity contribution in [2.45, 2.75) is 45.9 Å². The van der Waals surface area contributed by atoms with Gasteiger partial charge in [0.1, 0.15) is 11.3 Å². The first-order chi connectivity index (χ1) is 10.1. The molecule has 0 spiro atoms. The highest BCUT2D eigenvalue weighted by molar-refractivity contribution is 7.71. The molecular formula is C16H22N2O2S. The fourth-order valence-electron chi connectivity index (χ4n) is 2.94. The Morgan fingerprint density at radius 2 is 2.29 bits per heavy atom. The van der Waals surface area contributed by atoms with Crippen LogP contribution in [0.1, 0.15) is 27.2 Å². The Bertz CT molecular complexity index is 689. The van der Waals surface area contributed by atoms with Crippen molar-refractivity contribution in [3.8, 4) is 5.75 Å². The van der Waals surface area contributed by atoms with Gasteiger partial charge >= 0.3 is 0 Å². The van der Waals surface area contributed by atoms with Gasteiger partial charge in [-0.15, -0.1) is 0 Å². The van der Waals surface area contributed by atoms with E-state index in [-0.39, 0.29) is 6.10 Å². The summed E-state index contributed by atoms with van der Waals surface area (Å²) in [6.45, 7) is 7.95. The molecule has 1 saturated heterocycles. The fourth-order valence-corrected chi connectivity index (χ4v) is 3.21. The number of rotatable bonds is 4. The number of benzene rings is 1. The second-order valence-corrected chi connectivity index (χ2v) is 6.37. The molecule has 3 rings (SSSR count). The molecule has 0 aliphatic carbocycles. The second-order valence-electron chi connectivity index (χ2n) is 5.98. The number of aromatic nitrogens is 2. The van der Waals surface area contributed by atoms with E-state index < -0.39 is 0 Å². The highest BCUT2D eigenvalue weighted by Gasteiger charge is 2.25. The molecule has 2 aromatic rings. The van der Waals surface area contributed by atoms with Gasteiger partial charge in [-0.3, -0.25) is 0 Å². The fraction of sp³-hybridized carbons (Fsp3) is 0.562. The van der Waals surface area contributed by atoms with Crippen LogP contribution in [-0.4, -0.2) is 28.4 Å². The van der Waals surface area contributed by atoms with Crippen molar-refractivity contribution in [3.05, 3.63) is 23.0 Å². The lowest BCUT2D eigenvalue weighted by Gasteiger charge is -2.15. The molecule has 1 aliphatic heterocycles. The molecule has 2 unspecified atom stereocenters. The first kappa shape index (κ1) is 14.6. The number of hydrogen-bond acceptors (Lipinski definition) is 3. The number of fused-ring (bicyclic) bond motifs is 1. The molecule has 0 radical (unpaired) electrons. The number of H-pyrrole nitrogens is 1. The average molecular weight is 306 g/mol. The minimum absolute atomic E-state index is 0.143. The van der Waals surface area contributed by atoms with Gasteiger partial charge in [0.25, 0.3) is 0 Å². The Labute approximate surface area is 130 Å². The Morgan fingerprint density at radius 3 is 2.95 bits per heavy atom. The summed E-state index contributed by atoms with van der Waals surface area (Å²) in [7, 11) is 0. The maximum atomic E-state index is 5.87. The van der Waals surface area contributed by atoms with Crippen molar-refractivity contribution in [2.75, 3.05) is 6.61 Å². The summed E-state index contributed by atoms with van der Waals surface area (Å²) in [4.78, 5) is 3.30. The average Bonchev–Trinajstić information content (AvgIpc) is 2.96. The zero-order chi connectivity index (χ0) is 15.0. The van der Waals surface area contributed by atoms with Crippen LogP contribution in [0.25, 0.3) is 11.0 Å². The molecule has 0 amide bonds. The van der Waals surface area contributed by atoms with Gasteiger partial charge in [0.2, 0.25) is 0 Å². The highest BCUT2D eigenvalue weighted by atomic mass is 32.1. The lowest BCUT2D eigenvalue weighted by Crippen LogP contribution is -2.17. The molecular weight excluding hydrogens is 284 g/mol. The van der Waals surface area contributed by atoms with Crippen LogP contribution >= 0.6 is 12.2 Å². The van der Waals surface area contributed by atoms with Crippen LogP contribution < -0.4 is 4.74 Å². The van der Waals surface area contributed by atoms with Crippen LogP contribution in [0.2, 0.25) is 0 Å². The molecule has 2 atom stereocenters. The minimum atomic E-state index is 0.143. The van der Waals surface area contributed by atoms with E-state index >= 15 is 0 Å². The van der Waals surface area contributed by atoms with Crippen LogP contribution in [0.15, 0.2) is 18.2 Å². The normalized spacial score (nSPS) is 22.3. The molecule has 0 saturated carbocycles. The second kappa shape index (κ2) is 5.81. The number of nitrogens with one attached hydrogen (secondary N) is 1. The van der Waals surface area contributed by atoms with E-state index in [4.69, 9.17) is 21.7 Å². The quantitative estimate of drug-likeness (QED) is 0.870. The maximum absolute atomic E-state index is 5.87. The van der Waals surface area contributed by atoms with E-state index in [1.807, 2.05) is 26.0 Å². The summed E-state index contributed by atoms with van der Waals surface area (Å²) in [5.74, 6) is 1.38. The largest absolute Gasteiger partial charge is 0.489 e. The van der Waals surface area contributed by atoms with Gasteiger partial charge in [0.05, 0.1) is 17.7 Å². The van der Waals surface area contributed by atoms with Gasteiger partial charge in [0, 0.05) is 19.1 Å². The summed E-state index contributed by atoms with van der Waals surface area (Å²) in [6.07, 6.45) is 1.54. The van der Waals surface area contributed by atoms with Gasteiger partial charge < -0.3 is 19.0 Å². The standard InChI is InChI=1S/C16H22N2O2S/c1-10(2)20-14-6-4-5-13-15(14)17-16(21)18(13)9-12-7-8-19-11(12)3/h4-6,10-12H,7-9H2,1-3H3,(H,17,21). The number of nitrogens with zero attached hydrogens (tertiary/aromatic N) is 1. The van der Waals surface area contributed by atoms with Crippen LogP contribution in [0.3, 0.4) is 0 Å². The van der Waals surface area contributed by atoms with Gasteiger partial charge in [-0.05, 0) is 51.5 Å². The van der Waals surface area contributed by atoms with E-state index in [2.05, 4.69) is 22.5 Å². The van der Waals surface area contributed by atoms with Gasteiger partial charge in [0.15, 0.2) is 4.77 Å². The molecule has 1 aromatic heterocycles. The lowest BCUT2D eigenvalue weighted by atomic mass is 10.0. The monoisotopic (exact) mass is 306 g/mol. The lowest BCUT2D eigenvalue weighted by molar-refractivity contribution is 0.102. The minimum Gasteiger partial charge on any atom is -0.489 e. The summed E-state index contributed by atoms with van der Waals surface area (Å²) < 4.78 is 14.5. The molecule has 1 N–H and O–H groups in total. The molecule has 1 fully saturated rings. The zero-order valence-electron chi connectivity index (χ0n) is 12.8. The van der Waals surface area contributed by atoms with Crippen molar-refractivity contribution >= 4 is 23.3 Å². The zero-order valence-corrected chi connectivity index (χ0v) is 13.6. The van der Waals surface area contributed by atoms with E-state index in [0.717, 1.165) is 41.1 Å². The smallest absolute Gasteiger partial charge is 0.178 e. The number of aromatic amines is 1. The summed E-state index contributed by atoms with van der Waals surface area (Å²) >= 11 is 5.51. The number of para-hydroxylation sites is 1. The number of hydrogen-bond donors (Lipinski definition) is 1. The van der Waals surface area contributed by atoms with Gasteiger partial charge in [-0.1, -0.05) is 6.07 Å². The van der Waals surface area contributed by atoms with E-state index in [9.17, 15) is 0 Å². The van der Waals surface area contributed by atoms with Crippen molar-refractivity contribution in [2.24, 2.45) is 5.92 Å². The van der Waals surface area contributed by atoms with Crippen LogP contribution in [-0.2, 0) is 11.3 Å². The van der Waals surface area contributed by atoms with Crippen molar-refractivity contribution in [1.29, 1.82) is 0 Å². The van der Waals surface area contributed by atoms with Crippen molar-refractivity contribution in [3.63, 3.8) is 0 Å². The Kier molecular flexibility index (Phi) is 4.04. The van der Waals surface area contributed by atoms with Gasteiger partial charge in [-0.2, -0.15) is 0 Å². The van der Waals surface area contributed by atoms with Crippen molar-refractivity contribution < 1.29 is 9.47 Å². The molecule has 1 aliphatic rings. The predicted molar refractivity (Wildman–Crippen MR) is 86.4 cm³/mol. The van der Waals surface area contributed by atoms with Crippen LogP contribution in [0.4, 0.5) is 0 Å². The summed E-state index contributed by atoms with van der Waals surface area (Å²) in [6, 6.07) is 6.10. The predicted octanol–water partition coefficient (Wildman–Crippen LogP) is 3.91.